The van der Waals surface area contributed by atoms with E-state index in [-0.39, 0.29) is 47.8 Å². The Hall–Kier alpha value is -1.92. The van der Waals surface area contributed by atoms with Crippen LogP contribution in [-0.2, 0) is 20.7 Å². The Labute approximate surface area is 165 Å². The smallest absolute Gasteiger partial charge is 0.245 e. The molecule has 2 bridgehead atoms. The zero-order valence-corrected chi connectivity index (χ0v) is 16.4. The first-order valence-electron chi connectivity index (χ1n) is 10.5. The Bertz CT molecular complexity index is 780. The number of benzene rings is 1. The maximum absolute atomic E-state index is 13.5. The standard InChI is InChI=1S/C22H28N2O4/c1-3-23(4-2)20(26)15(10-12-8-6-5-7-9-12)24-21(27)16-13-11-14-17(16)22(24)28-19(14)18(13)25/h5-9,13-19,22,25H,3-4,10-11H2,1-2H3. The van der Waals surface area contributed by atoms with Crippen molar-refractivity contribution in [3.63, 3.8) is 0 Å². The predicted octanol–water partition coefficient (Wildman–Crippen LogP) is 1.28. The van der Waals surface area contributed by atoms with Crippen LogP contribution in [0.2, 0.25) is 0 Å². The fourth-order valence-corrected chi connectivity index (χ4v) is 6.31. The van der Waals surface area contributed by atoms with Crippen molar-refractivity contribution >= 4 is 11.8 Å². The summed E-state index contributed by atoms with van der Waals surface area (Å²) in [7, 11) is 0. The summed E-state index contributed by atoms with van der Waals surface area (Å²) in [5.74, 6) is 0.179. The van der Waals surface area contributed by atoms with Crippen molar-refractivity contribution in [3.05, 3.63) is 35.9 Å². The van der Waals surface area contributed by atoms with E-state index >= 15 is 0 Å². The molecule has 1 aromatic rings. The number of fused-ring (bicyclic) bond motifs is 2. The molecular formula is C22H28N2O4. The SMILES string of the molecule is CCN(CC)C(=O)C(Cc1ccccc1)N1C(=O)C2C3CC4C(OC1C42)C3O. The number of carbonyl (C=O) groups is 2. The lowest BCUT2D eigenvalue weighted by molar-refractivity contribution is -0.163. The van der Waals surface area contributed by atoms with Crippen molar-refractivity contribution in [1.82, 2.24) is 9.80 Å². The fraction of sp³-hybridized carbons (Fsp3) is 0.636. The number of aliphatic hydroxyl groups is 1. The summed E-state index contributed by atoms with van der Waals surface area (Å²) in [6, 6.07) is 9.33. The fourth-order valence-electron chi connectivity index (χ4n) is 6.31. The number of hydrogen-bond donors (Lipinski definition) is 1. The highest BCUT2D eigenvalue weighted by atomic mass is 16.5. The van der Waals surface area contributed by atoms with Gasteiger partial charge < -0.3 is 19.6 Å². The van der Waals surface area contributed by atoms with E-state index in [1.807, 2.05) is 44.2 Å². The van der Waals surface area contributed by atoms with Gasteiger partial charge >= 0.3 is 0 Å². The quantitative estimate of drug-likeness (QED) is 0.802. The third-order valence-electron chi connectivity index (χ3n) is 7.52. The normalized spacial score (nSPS) is 38.3. The number of ether oxygens (including phenoxy) is 1. The number of rotatable bonds is 6. The minimum absolute atomic E-state index is 0.00105. The first-order chi connectivity index (χ1) is 13.6. The highest BCUT2D eigenvalue weighted by Gasteiger charge is 2.73. The summed E-state index contributed by atoms with van der Waals surface area (Å²) >= 11 is 0. The molecule has 1 N–H and O–H groups in total. The van der Waals surface area contributed by atoms with E-state index < -0.39 is 12.1 Å². The van der Waals surface area contributed by atoms with Crippen molar-refractivity contribution in [2.24, 2.45) is 23.7 Å². The molecule has 6 nitrogen and oxygen atoms in total. The Morgan fingerprint density at radius 1 is 1.25 bits per heavy atom. The van der Waals surface area contributed by atoms with Crippen LogP contribution in [0.25, 0.3) is 0 Å². The second kappa shape index (κ2) is 6.56. The van der Waals surface area contributed by atoms with Crippen molar-refractivity contribution in [2.75, 3.05) is 13.1 Å². The Morgan fingerprint density at radius 3 is 2.64 bits per heavy atom. The molecule has 0 radical (unpaired) electrons. The highest BCUT2D eigenvalue weighted by Crippen LogP contribution is 2.63. The van der Waals surface area contributed by atoms with Gasteiger partial charge in [-0.25, -0.2) is 0 Å². The van der Waals surface area contributed by atoms with Crippen LogP contribution in [-0.4, -0.2) is 64.3 Å². The van der Waals surface area contributed by atoms with E-state index in [1.165, 1.54) is 0 Å². The van der Waals surface area contributed by atoms with Crippen LogP contribution in [0.3, 0.4) is 0 Å². The van der Waals surface area contributed by atoms with Gasteiger partial charge in [0.1, 0.15) is 12.3 Å². The average Bonchev–Trinajstić information content (AvgIpc) is 3.39. The molecule has 2 amide bonds. The van der Waals surface area contributed by atoms with Crippen LogP contribution in [0.1, 0.15) is 25.8 Å². The first kappa shape index (κ1) is 18.1. The van der Waals surface area contributed by atoms with Crippen LogP contribution in [0.4, 0.5) is 0 Å². The Balaban J connectivity index is 1.49. The van der Waals surface area contributed by atoms with Crippen LogP contribution in [0.15, 0.2) is 30.3 Å². The van der Waals surface area contributed by atoms with Gasteiger partial charge in [-0.15, -0.1) is 0 Å². The number of likely N-dealkylation sites (tertiary alicyclic amines) is 1. The summed E-state index contributed by atoms with van der Waals surface area (Å²) in [6.45, 7) is 5.17. The van der Waals surface area contributed by atoms with Crippen LogP contribution >= 0.6 is 0 Å². The molecule has 6 heteroatoms. The van der Waals surface area contributed by atoms with Crippen LogP contribution in [0.5, 0.6) is 0 Å². The number of nitrogens with zero attached hydrogens (tertiary/aromatic N) is 2. The molecule has 2 saturated carbocycles. The van der Waals surface area contributed by atoms with E-state index in [1.54, 1.807) is 9.80 Å². The lowest BCUT2D eigenvalue weighted by Gasteiger charge is -2.37. The maximum Gasteiger partial charge on any atom is 0.245 e. The third kappa shape index (κ3) is 2.34. The molecule has 4 fully saturated rings. The molecule has 8 unspecified atom stereocenters. The lowest BCUT2D eigenvalue weighted by atomic mass is 9.80. The van der Waals surface area contributed by atoms with E-state index in [4.69, 9.17) is 4.74 Å². The van der Waals surface area contributed by atoms with Crippen LogP contribution in [0, 0.1) is 23.7 Å². The van der Waals surface area contributed by atoms with Crippen LogP contribution < -0.4 is 0 Å². The van der Waals surface area contributed by atoms with Gasteiger partial charge in [0, 0.05) is 25.4 Å². The molecule has 2 heterocycles. The Kier molecular flexibility index (Phi) is 4.25. The number of hydrogen-bond acceptors (Lipinski definition) is 4. The molecule has 0 spiro atoms. The zero-order chi connectivity index (χ0) is 19.6. The number of carbonyl (C=O) groups excluding carboxylic acids is 2. The van der Waals surface area contributed by atoms with Gasteiger partial charge in [-0.1, -0.05) is 30.3 Å². The summed E-state index contributed by atoms with van der Waals surface area (Å²) in [4.78, 5) is 30.4. The van der Waals surface area contributed by atoms with Crippen molar-refractivity contribution in [2.45, 2.75) is 51.2 Å². The zero-order valence-electron chi connectivity index (χ0n) is 16.4. The molecule has 8 atom stereocenters. The molecule has 28 heavy (non-hydrogen) atoms. The molecule has 150 valence electrons. The van der Waals surface area contributed by atoms with Gasteiger partial charge in [0.25, 0.3) is 0 Å². The molecule has 2 saturated heterocycles. The highest BCUT2D eigenvalue weighted by molar-refractivity contribution is 5.91. The summed E-state index contributed by atoms with van der Waals surface area (Å²) in [6.07, 6.45) is 0.290. The largest absolute Gasteiger partial charge is 0.390 e. The topological polar surface area (TPSA) is 70.1 Å². The second-order valence-corrected chi connectivity index (χ2v) is 8.61. The van der Waals surface area contributed by atoms with Gasteiger partial charge in [-0.05, 0) is 37.7 Å². The summed E-state index contributed by atoms with van der Waals surface area (Å²) in [5, 5.41) is 10.5. The number of amides is 2. The van der Waals surface area contributed by atoms with E-state index in [0.29, 0.717) is 19.5 Å². The van der Waals surface area contributed by atoms with Gasteiger partial charge in [-0.2, -0.15) is 0 Å². The van der Waals surface area contributed by atoms with Gasteiger partial charge in [-0.3, -0.25) is 9.59 Å². The molecule has 2 aliphatic heterocycles. The molecule has 4 aliphatic rings. The Morgan fingerprint density at radius 2 is 1.96 bits per heavy atom. The lowest BCUT2D eigenvalue weighted by Crippen LogP contribution is -2.55. The summed E-state index contributed by atoms with van der Waals surface area (Å²) < 4.78 is 6.23. The molecule has 1 aromatic carbocycles. The van der Waals surface area contributed by atoms with E-state index in [0.717, 1.165) is 12.0 Å². The minimum Gasteiger partial charge on any atom is -0.390 e. The average molecular weight is 384 g/mol. The molecule has 5 rings (SSSR count). The van der Waals surface area contributed by atoms with Gasteiger partial charge in [0.05, 0.1) is 18.1 Å². The molecule has 0 aromatic heterocycles. The van der Waals surface area contributed by atoms with Gasteiger partial charge in [0.15, 0.2) is 0 Å². The van der Waals surface area contributed by atoms with Crippen molar-refractivity contribution < 1.29 is 19.4 Å². The monoisotopic (exact) mass is 384 g/mol. The maximum atomic E-state index is 13.5. The van der Waals surface area contributed by atoms with Crippen molar-refractivity contribution in [1.29, 1.82) is 0 Å². The summed E-state index contributed by atoms with van der Waals surface area (Å²) in [5.41, 5.74) is 1.04. The predicted molar refractivity (Wildman–Crippen MR) is 102 cm³/mol. The number of aliphatic hydroxyl groups excluding tert-OH is 1. The van der Waals surface area contributed by atoms with E-state index in [9.17, 15) is 14.7 Å². The first-order valence-corrected chi connectivity index (χ1v) is 10.5. The molecular weight excluding hydrogens is 356 g/mol. The van der Waals surface area contributed by atoms with Gasteiger partial charge in [0.2, 0.25) is 11.8 Å². The minimum atomic E-state index is -0.555. The molecule has 2 aliphatic carbocycles. The number of likely N-dealkylation sites (N-methyl/N-ethyl adjacent to an activating group) is 1. The van der Waals surface area contributed by atoms with E-state index in [2.05, 4.69) is 0 Å². The van der Waals surface area contributed by atoms with Crippen molar-refractivity contribution in [3.8, 4) is 0 Å². The second-order valence-electron chi connectivity index (χ2n) is 8.61. The third-order valence-corrected chi connectivity index (χ3v) is 7.52.